The lowest BCUT2D eigenvalue weighted by Crippen LogP contribution is -2.32. The normalized spacial score (nSPS) is 13.5. The van der Waals surface area contributed by atoms with Crippen molar-refractivity contribution in [2.45, 2.75) is 10.1 Å². The van der Waals surface area contributed by atoms with E-state index in [1.54, 1.807) is 48.7 Å². The van der Waals surface area contributed by atoms with Crippen LogP contribution in [0.25, 0.3) is 0 Å². The minimum absolute atomic E-state index is 0.101. The Morgan fingerprint density at radius 1 is 1.13 bits per heavy atom. The van der Waals surface area contributed by atoms with Crippen molar-refractivity contribution in [1.29, 1.82) is 0 Å². The van der Waals surface area contributed by atoms with Gasteiger partial charge in [-0.15, -0.1) is 0 Å². The summed E-state index contributed by atoms with van der Waals surface area (Å²) in [6.07, 6.45) is 3.05. The molecule has 1 aliphatic rings. The molecule has 3 aromatic rings. The number of hydrogen-bond acceptors (Lipinski definition) is 7. The molecule has 1 aliphatic heterocycles. The van der Waals surface area contributed by atoms with Gasteiger partial charge in [0.15, 0.2) is 21.3 Å². The minimum Gasteiger partial charge on any atom is -0.497 e. The second-order valence-corrected chi connectivity index (χ2v) is 8.90. The number of pyridine rings is 1. The summed E-state index contributed by atoms with van der Waals surface area (Å²) < 4.78 is 42.4. The molecule has 1 amide bonds. The number of rotatable bonds is 7. The van der Waals surface area contributed by atoms with E-state index in [2.05, 4.69) is 10.3 Å². The van der Waals surface area contributed by atoms with Gasteiger partial charge in [-0.05, 0) is 54.1 Å². The first kappa shape index (κ1) is 20.7. The zero-order chi connectivity index (χ0) is 21.8. The maximum absolute atomic E-state index is 13.4. The first-order valence-electron chi connectivity index (χ1n) is 9.45. The number of hydrogen-bond donors (Lipinski definition) is 1. The topological polar surface area (TPSA) is 104 Å². The lowest BCUT2D eigenvalue weighted by atomic mass is 10.1. The van der Waals surface area contributed by atoms with Crippen molar-refractivity contribution in [1.82, 2.24) is 10.3 Å². The SMILES string of the molecule is COc1ccc(S(=O)(=O)C(CNC(=O)c2ccc3c(c2)OCO3)c2cccnc2)cc1. The minimum atomic E-state index is -3.82. The van der Waals surface area contributed by atoms with Crippen molar-refractivity contribution in [3.63, 3.8) is 0 Å². The molecule has 2 heterocycles. The average Bonchev–Trinajstić information content (AvgIpc) is 3.27. The lowest BCUT2D eigenvalue weighted by molar-refractivity contribution is 0.0953. The molecule has 31 heavy (non-hydrogen) atoms. The van der Waals surface area contributed by atoms with Gasteiger partial charge < -0.3 is 19.5 Å². The number of benzene rings is 2. The first-order valence-corrected chi connectivity index (χ1v) is 11.0. The molecule has 0 radical (unpaired) electrons. The number of amides is 1. The maximum Gasteiger partial charge on any atom is 0.251 e. The Morgan fingerprint density at radius 3 is 2.61 bits per heavy atom. The number of sulfone groups is 1. The van der Waals surface area contributed by atoms with Gasteiger partial charge in [-0.1, -0.05) is 6.07 Å². The van der Waals surface area contributed by atoms with E-state index in [-0.39, 0.29) is 18.2 Å². The number of methoxy groups -OCH3 is 1. The Kier molecular flexibility index (Phi) is 5.77. The van der Waals surface area contributed by atoms with Crippen LogP contribution in [0, 0.1) is 0 Å². The fraction of sp³-hybridized carbons (Fsp3) is 0.182. The van der Waals surface area contributed by atoms with Gasteiger partial charge in [0.2, 0.25) is 6.79 Å². The van der Waals surface area contributed by atoms with Crippen LogP contribution in [0.1, 0.15) is 21.2 Å². The average molecular weight is 440 g/mol. The molecule has 160 valence electrons. The highest BCUT2D eigenvalue weighted by Gasteiger charge is 2.30. The predicted octanol–water partition coefficient (Wildman–Crippen LogP) is 2.76. The number of fused-ring (bicyclic) bond motifs is 1. The van der Waals surface area contributed by atoms with Crippen LogP contribution in [0.2, 0.25) is 0 Å². The van der Waals surface area contributed by atoms with Gasteiger partial charge in [0.1, 0.15) is 11.0 Å². The Bertz CT molecular complexity index is 1180. The van der Waals surface area contributed by atoms with E-state index in [0.717, 1.165) is 0 Å². The smallest absolute Gasteiger partial charge is 0.251 e. The molecule has 0 saturated heterocycles. The summed E-state index contributed by atoms with van der Waals surface area (Å²) in [6.45, 7) is -0.0308. The second kappa shape index (κ2) is 8.65. The summed E-state index contributed by atoms with van der Waals surface area (Å²) >= 11 is 0. The highest BCUT2D eigenvalue weighted by Crippen LogP contribution is 2.33. The van der Waals surface area contributed by atoms with E-state index < -0.39 is 21.0 Å². The van der Waals surface area contributed by atoms with Gasteiger partial charge in [-0.3, -0.25) is 9.78 Å². The Balaban J connectivity index is 1.59. The van der Waals surface area contributed by atoms with Crippen LogP contribution in [0.3, 0.4) is 0 Å². The van der Waals surface area contributed by atoms with Crippen molar-refractivity contribution < 1.29 is 27.4 Å². The number of carbonyl (C=O) groups is 1. The number of carbonyl (C=O) groups excluding carboxylic acids is 1. The summed E-state index contributed by atoms with van der Waals surface area (Å²) in [4.78, 5) is 16.9. The molecule has 0 fully saturated rings. The van der Waals surface area contributed by atoms with Crippen molar-refractivity contribution in [3.8, 4) is 17.2 Å². The van der Waals surface area contributed by atoms with Crippen LogP contribution in [-0.4, -0.2) is 39.8 Å². The van der Waals surface area contributed by atoms with Gasteiger partial charge >= 0.3 is 0 Å². The fourth-order valence-corrected chi connectivity index (χ4v) is 4.87. The highest BCUT2D eigenvalue weighted by molar-refractivity contribution is 7.91. The Hall–Kier alpha value is -3.59. The molecule has 9 heteroatoms. The molecule has 0 bridgehead atoms. The van der Waals surface area contributed by atoms with Crippen LogP contribution in [0.15, 0.2) is 71.9 Å². The molecule has 1 atom stereocenters. The Labute approximate surface area is 179 Å². The summed E-state index contributed by atoms with van der Waals surface area (Å²) in [5, 5.41) is 1.70. The van der Waals surface area contributed by atoms with Crippen molar-refractivity contribution >= 4 is 15.7 Å². The molecular formula is C22H20N2O6S. The second-order valence-electron chi connectivity index (χ2n) is 6.77. The van der Waals surface area contributed by atoms with E-state index in [0.29, 0.717) is 28.4 Å². The third kappa shape index (κ3) is 4.31. The molecule has 8 nitrogen and oxygen atoms in total. The van der Waals surface area contributed by atoms with Crippen molar-refractivity contribution in [2.24, 2.45) is 0 Å². The molecular weight excluding hydrogens is 420 g/mol. The largest absolute Gasteiger partial charge is 0.497 e. The van der Waals surface area contributed by atoms with E-state index in [9.17, 15) is 13.2 Å². The fourth-order valence-electron chi connectivity index (χ4n) is 3.23. The molecule has 4 rings (SSSR count). The van der Waals surface area contributed by atoms with E-state index in [4.69, 9.17) is 14.2 Å². The van der Waals surface area contributed by atoms with Crippen LogP contribution >= 0.6 is 0 Å². The van der Waals surface area contributed by atoms with Gasteiger partial charge in [0.25, 0.3) is 5.91 Å². The lowest BCUT2D eigenvalue weighted by Gasteiger charge is -2.19. The standard InChI is InChI=1S/C22H20N2O6S/c1-28-17-5-7-18(8-6-17)31(26,27)21(16-3-2-10-23-12-16)13-24-22(25)15-4-9-19-20(11-15)30-14-29-19/h2-12,21H,13-14H2,1H3,(H,24,25). The third-order valence-corrected chi connectivity index (χ3v) is 7.02. The molecule has 1 aromatic heterocycles. The third-order valence-electron chi connectivity index (χ3n) is 4.90. The van der Waals surface area contributed by atoms with Gasteiger partial charge in [0, 0.05) is 24.5 Å². The first-order chi connectivity index (χ1) is 15.0. The number of aromatic nitrogens is 1. The summed E-state index contributed by atoms with van der Waals surface area (Å²) in [5.74, 6) is 1.17. The van der Waals surface area contributed by atoms with Gasteiger partial charge in [-0.2, -0.15) is 0 Å². The molecule has 0 spiro atoms. The monoisotopic (exact) mass is 440 g/mol. The predicted molar refractivity (Wildman–Crippen MR) is 112 cm³/mol. The van der Waals surface area contributed by atoms with Crippen LogP contribution < -0.4 is 19.5 Å². The number of ether oxygens (including phenoxy) is 3. The van der Waals surface area contributed by atoms with Crippen molar-refractivity contribution in [2.75, 3.05) is 20.4 Å². The number of nitrogens with zero attached hydrogens (tertiary/aromatic N) is 1. The summed E-state index contributed by atoms with van der Waals surface area (Å²) in [7, 11) is -2.31. The molecule has 1 N–H and O–H groups in total. The van der Waals surface area contributed by atoms with E-state index in [1.165, 1.54) is 25.4 Å². The summed E-state index contributed by atoms with van der Waals surface area (Å²) in [5.41, 5.74) is 0.820. The molecule has 0 aliphatic carbocycles. The van der Waals surface area contributed by atoms with Crippen LogP contribution in [0.5, 0.6) is 17.2 Å². The van der Waals surface area contributed by atoms with Crippen molar-refractivity contribution in [3.05, 3.63) is 78.1 Å². The maximum atomic E-state index is 13.4. The van der Waals surface area contributed by atoms with Crippen LogP contribution in [0.4, 0.5) is 0 Å². The molecule has 0 saturated carbocycles. The van der Waals surface area contributed by atoms with Crippen LogP contribution in [-0.2, 0) is 9.84 Å². The highest BCUT2D eigenvalue weighted by atomic mass is 32.2. The van der Waals surface area contributed by atoms with E-state index in [1.807, 2.05) is 0 Å². The Morgan fingerprint density at radius 2 is 1.90 bits per heavy atom. The van der Waals surface area contributed by atoms with Gasteiger partial charge in [-0.25, -0.2) is 8.42 Å². The zero-order valence-electron chi connectivity index (χ0n) is 16.6. The zero-order valence-corrected chi connectivity index (χ0v) is 17.5. The molecule has 1 unspecified atom stereocenters. The van der Waals surface area contributed by atoms with E-state index >= 15 is 0 Å². The number of nitrogens with one attached hydrogen (secondary N) is 1. The molecule has 2 aromatic carbocycles. The van der Waals surface area contributed by atoms with Gasteiger partial charge in [0.05, 0.1) is 12.0 Å². The summed E-state index contributed by atoms with van der Waals surface area (Å²) in [6, 6.07) is 14.3. The quantitative estimate of drug-likeness (QED) is 0.602.